The minimum Gasteiger partial charge on any atom is -0.480 e. The average molecular weight is 281 g/mol. The smallest absolute Gasteiger partial charge is 0.316 e. The predicted molar refractivity (Wildman–Crippen MR) is 60.4 cm³/mol. The number of halogens is 1. The van der Waals surface area contributed by atoms with E-state index in [0.717, 1.165) is 10.2 Å². The lowest BCUT2D eigenvalue weighted by molar-refractivity contribution is -0.136. The molecule has 72 valence electrons. The largest absolute Gasteiger partial charge is 0.480 e. The van der Waals surface area contributed by atoms with Gasteiger partial charge in [-0.3, -0.25) is 4.79 Å². The molecule has 1 unspecified atom stereocenters. The highest BCUT2D eigenvalue weighted by molar-refractivity contribution is 9.10. The van der Waals surface area contributed by atoms with E-state index in [1.54, 1.807) is 18.3 Å². The first kappa shape index (κ1) is 11.1. The lowest BCUT2D eigenvalue weighted by Crippen LogP contribution is -2.11. The number of hydrogen-bond donors (Lipinski definition) is 1. The van der Waals surface area contributed by atoms with Gasteiger partial charge in [-0.05, 0) is 34.3 Å². The zero-order chi connectivity index (χ0) is 9.84. The number of aliphatic carboxylic acids is 1. The van der Waals surface area contributed by atoms with Gasteiger partial charge in [-0.1, -0.05) is 0 Å². The van der Waals surface area contributed by atoms with Gasteiger partial charge in [0.25, 0.3) is 0 Å². The molecule has 0 amide bonds. The van der Waals surface area contributed by atoms with Crippen LogP contribution in [-0.2, 0) is 10.5 Å². The summed E-state index contributed by atoms with van der Waals surface area (Å²) < 4.78 is 1.07. The van der Waals surface area contributed by atoms with E-state index < -0.39 is 5.97 Å². The third kappa shape index (κ3) is 3.32. The first-order valence-electron chi connectivity index (χ1n) is 3.67. The summed E-state index contributed by atoms with van der Waals surface area (Å²) in [5.41, 5.74) is 0. The lowest BCUT2D eigenvalue weighted by Gasteiger charge is -2.04. The van der Waals surface area contributed by atoms with Crippen molar-refractivity contribution < 1.29 is 9.90 Å². The highest BCUT2D eigenvalue weighted by Gasteiger charge is 2.12. The van der Waals surface area contributed by atoms with Gasteiger partial charge >= 0.3 is 5.97 Å². The van der Waals surface area contributed by atoms with Gasteiger partial charge in [0.05, 0.1) is 5.25 Å². The van der Waals surface area contributed by atoms with Crippen molar-refractivity contribution in [2.24, 2.45) is 0 Å². The quantitative estimate of drug-likeness (QED) is 0.920. The Bertz CT molecular complexity index is 298. The van der Waals surface area contributed by atoms with E-state index >= 15 is 0 Å². The van der Waals surface area contributed by atoms with Crippen molar-refractivity contribution in [2.45, 2.75) is 17.9 Å². The number of carboxylic acid groups (broad SMARTS) is 1. The molecule has 1 rings (SSSR count). The summed E-state index contributed by atoms with van der Waals surface area (Å²) in [5, 5.41) is 10.3. The molecule has 0 aliphatic heterocycles. The Morgan fingerprint density at radius 3 is 3.00 bits per heavy atom. The third-order valence-electron chi connectivity index (χ3n) is 1.50. The van der Waals surface area contributed by atoms with Crippen LogP contribution < -0.4 is 0 Å². The Hall–Kier alpha value is -0.000000000000000111. The first-order valence-corrected chi connectivity index (χ1v) is 6.39. The van der Waals surface area contributed by atoms with Crippen LogP contribution in [0, 0.1) is 0 Å². The molecule has 0 saturated carbocycles. The minimum absolute atomic E-state index is 0.339. The number of hydrogen-bond acceptors (Lipinski definition) is 3. The van der Waals surface area contributed by atoms with Crippen molar-refractivity contribution in [3.05, 3.63) is 20.8 Å². The van der Waals surface area contributed by atoms with Crippen molar-refractivity contribution in [3.8, 4) is 0 Å². The van der Waals surface area contributed by atoms with Crippen molar-refractivity contribution in [3.63, 3.8) is 0 Å². The summed E-state index contributed by atoms with van der Waals surface area (Å²) in [5.74, 6) is 0.00352. The van der Waals surface area contributed by atoms with Crippen LogP contribution in [0.25, 0.3) is 0 Å². The van der Waals surface area contributed by atoms with Crippen LogP contribution in [0.15, 0.2) is 15.9 Å². The Morgan fingerprint density at radius 2 is 2.54 bits per heavy atom. The normalized spacial score (nSPS) is 12.8. The maximum atomic E-state index is 10.5. The van der Waals surface area contributed by atoms with Crippen LogP contribution in [-0.4, -0.2) is 16.3 Å². The van der Waals surface area contributed by atoms with Crippen LogP contribution in [0.2, 0.25) is 0 Å². The number of thioether (sulfide) groups is 1. The van der Waals surface area contributed by atoms with Gasteiger partial charge in [0.1, 0.15) is 0 Å². The fourth-order valence-corrected chi connectivity index (χ4v) is 3.34. The van der Waals surface area contributed by atoms with Gasteiger partial charge in [-0.2, -0.15) is 0 Å². The molecule has 0 aliphatic carbocycles. The minimum atomic E-state index is -0.752. The molecule has 1 atom stereocenters. The molecule has 0 bridgehead atoms. The fourth-order valence-electron chi connectivity index (χ4n) is 0.700. The first-order chi connectivity index (χ1) is 6.11. The van der Waals surface area contributed by atoms with Gasteiger partial charge in [-0.25, -0.2) is 0 Å². The van der Waals surface area contributed by atoms with Crippen molar-refractivity contribution in [2.75, 3.05) is 0 Å². The standard InChI is InChI=1S/C8H9BrO2S2/c1-5(8(10)11)13-4-7-6(9)2-3-12-7/h2-3,5H,4H2,1H3,(H,10,11). The molecule has 1 aromatic rings. The molecule has 1 heterocycles. The van der Waals surface area contributed by atoms with Gasteiger partial charge in [0.15, 0.2) is 0 Å². The second-order valence-corrected chi connectivity index (χ2v) is 5.67. The Balaban J connectivity index is 2.44. The molecular weight excluding hydrogens is 272 g/mol. The molecule has 0 radical (unpaired) electrons. The number of thiophene rings is 1. The summed E-state index contributed by atoms with van der Waals surface area (Å²) in [6.45, 7) is 1.70. The monoisotopic (exact) mass is 280 g/mol. The molecule has 0 aliphatic rings. The Morgan fingerprint density at radius 1 is 1.85 bits per heavy atom. The third-order valence-corrected chi connectivity index (χ3v) is 4.77. The predicted octanol–water partition coefficient (Wildman–Crippen LogP) is 3.22. The maximum absolute atomic E-state index is 10.5. The van der Waals surface area contributed by atoms with Crippen LogP contribution in [0.3, 0.4) is 0 Å². The molecule has 0 fully saturated rings. The zero-order valence-electron chi connectivity index (χ0n) is 6.99. The summed E-state index contributed by atoms with van der Waals surface area (Å²) >= 11 is 6.48. The second-order valence-electron chi connectivity index (χ2n) is 2.48. The van der Waals surface area contributed by atoms with Gasteiger partial charge < -0.3 is 5.11 Å². The highest BCUT2D eigenvalue weighted by Crippen LogP contribution is 2.28. The Kier molecular flexibility index (Phi) is 4.28. The molecule has 1 aromatic heterocycles. The van der Waals surface area contributed by atoms with E-state index in [0.29, 0.717) is 0 Å². The lowest BCUT2D eigenvalue weighted by atomic mass is 10.5. The summed E-state index contributed by atoms with van der Waals surface area (Å²) in [4.78, 5) is 11.7. The zero-order valence-corrected chi connectivity index (χ0v) is 10.2. The number of rotatable bonds is 4. The summed E-state index contributed by atoms with van der Waals surface area (Å²) in [7, 11) is 0. The van der Waals surface area contributed by atoms with Gasteiger partial charge in [-0.15, -0.1) is 23.1 Å². The molecule has 13 heavy (non-hydrogen) atoms. The maximum Gasteiger partial charge on any atom is 0.316 e. The van der Waals surface area contributed by atoms with E-state index in [1.165, 1.54) is 16.6 Å². The molecule has 2 nitrogen and oxygen atoms in total. The molecule has 0 saturated heterocycles. The Labute approximate surface area is 93.5 Å². The molecule has 0 aromatic carbocycles. The second kappa shape index (κ2) is 5.02. The van der Waals surface area contributed by atoms with Crippen LogP contribution >= 0.6 is 39.0 Å². The number of carboxylic acids is 1. The SMILES string of the molecule is CC(SCc1sccc1Br)C(=O)O. The van der Waals surface area contributed by atoms with E-state index in [4.69, 9.17) is 5.11 Å². The average Bonchev–Trinajstić information content (AvgIpc) is 2.47. The highest BCUT2D eigenvalue weighted by atomic mass is 79.9. The van der Waals surface area contributed by atoms with E-state index in [2.05, 4.69) is 15.9 Å². The summed E-state index contributed by atoms with van der Waals surface area (Å²) in [6.07, 6.45) is 0. The van der Waals surface area contributed by atoms with Gasteiger partial charge in [0.2, 0.25) is 0 Å². The van der Waals surface area contributed by atoms with E-state index in [9.17, 15) is 4.79 Å². The molecule has 1 N–H and O–H groups in total. The topological polar surface area (TPSA) is 37.3 Å². The van der Waals surface area contributed by atoms with E-state index in [-0.39, 0.29) is 5.25 Å². The molecular formula is C8H9BrO2S2. The van der Waals surface area contributed by atoms with E-state index in [1.807, 2.05) is 11.4 Å². The van der Waals surface area contributed by atoms with Crippen LogP contribution in [0.1, 0.15) is 11.8 Å². The van der Waals surface area contributed by atoms with Crippen LogP contribution in [0.5, 0.6) is 0 Å². The number of carbonyl (C=O) groups is 1. The van der Waals surface area contributed by atoms with Crippen molar-refractivity contribution >= 4 is 45.0 Å². The van der Waals surface area contributed by atoms with Crippen molar-refractivity contribution in [1.82, 2.24) is 0 Å². The van der Waals surface area contributed by atoms with Crippen molar-refractivity contribution in [1.29, 1.82) is 0 Å². The van der Waals surface area contributed by atoms with Gasteiger partial charge in [0, 0.05) is 15.1 Å². The summed E-state index contributed by atoms with van der Waals surface area (Å²) in [6, 6.07) is 1.98. The molecule has 5 heteroatoms. The molecule has 0 spiro atoms. The fraction of sp³-hybridized carbons (Fsp3) is 0.375. The van der Waals surface area contributed by atoms with Crippen LogP contribution in [0.4, 0.5) is 0 Å².